The number of aromatic nitrogens is 1. The Morgan fingerprint density at radius 2 is 2.25 bits per heavy atom. The van der Waals surface area contributed by atoms with E-state index in [9.17, 15) is 13.2 Å². The summed E-state index contributed by atoms with van der Waals surface area (Å²) in [6.45, 7) is 0.178. The highest BCUT2D eigenvalue weighted by molar-refractivity contribution is 8.00. The molecular weight excluding hydrogens is 241 g/mol. The predicted molar refractivity (Wildman–Crippen MR) is 57.8 cm³/mol. The molecule has 1 aromatic rings. The Hall–Kier alpha value is -1.11. The van der Waals surface area contributed by atoms with Crippen LogP contribution in [0.15, 0.2) is 18.3 Å². The quantitative estimate of drug-likeness (QED) is 0.817. The van der Waals surface area contributed by atoms with E-state index in [0.29, 0.717) is 11.6 Å². The lowest BCUT2D eigenvalue weighted by molar-refractivity contribution is -0.0327. The van der Waals surface area contributed by atoms with Crippen molar-refractivity contribution in [2.75, 3.05) is 24.7 Å². The van der Waals surface area contributed by atoms with Crippen molar-refractivity contribution in [3.05, 3.63) is 18.3 Å². The van der Waals surface area contributed by atoms with Gasteiger partial charge in [-0.2, -0.15) is 13.2 Å². The number of ether oxygens (including phenoxy) is 1. The fourth-order valence-electron chi connectivity index (χ4n) is 1.02. The van der Waals surface area contributed by atoms with E-state index >= 15 is 0 Å². The third-order valence-corrected chi connectivity index (χ3v) is 2.39. The van der Waals surface area contributed by atoms with Crippen LogP contribution < -0.4 is 10.1 Å². The van der Waals surface area contributed by atoms with Crippen LogP contribution in [0.3, 0.4) is 0 Å². The lowest BCUT2D eigenvalue weighted by atomic mass is 10.4. The first kappa shape index (κ1) is 13.0. The standard InChI is InChI=1S/C9H11F3N2OS/c1-15-7-3-2-4-13-8(7)14-5-6-16-9(10,11)12/h2-4H,5-6H2,1H3,(H,13,14). The van der Waals surface area contributed by atoms with E-state index in [-0.39, 0.29) is 24.1 Å². The molecule has 0 aliphatic heterocycles. The fourth-order valence-corrected chi connectivity index (χ4v) is 1.46. The van der Waals surface area contributed by atoms with E-state index < -0.39 is 5.51 Å². The number of halogens is 3. The van der Waals surface area contributed by atoms with E-state index in [1.54, 1.807) is 18.3 Å². The van der Waals surface area contributed by atoms with Crippen molar-refractivity contribution in [1.82, 2.24) is 4.98 Å². The molecule has 1 rings (SSSR count). The molecule has 1 aromatic heterocycles. The van der Waals surface area contributed by atoms with Crippen molar-refractivity contribution >= 4 is 17.6 Å². The number of alkyl halides is 3. The van der Waals surface area contributed by atoms with Crippen LogP contribution in [-0.2, 0) is 0 Å². The molecular formula is C9H11F3N2OS. The summed E-state index contributed by atoms with van der Waals surface area (Å²) >= 11 is -0.0648. The molecule has 0 saturated heterocycles. The van der Waals surface area contributed by atoms with Gasteiger partial charge in [0, 0.05) is 18.5 Å². The maximum absolute atomic E-state index is 11.8. The van der Waals surface area contributed by atoms with Gasteiger partial charge < -0.3 is 10.1 Å². The number of anilines is 1. The highest BCUT2D eigenvalue weighted by Gasteiger charge is 2.27. The zero-order chi connectivity index (χ0) is 12.0. The summed E-state index contributed by atoms with van der Waals surface area (Å²) < 4.78 is 40.5. The van der Waals surface area contributed by atoms with Gasteiger partial charge in [-0.15, -0.1) is 0 Å². The van der Waals surface area contributed by atoms with Gasteiger partial charge in [-0.25, -0.2) is 4.98 Å². The summed E-state index contributed by atoms with van der Waals surface area (Å²) in [7, 11) is 1.48. The van der Waals surface area contributed by atoms with E-state index in [4.69, 9.17) is 4.74 Å². The molecule has 0 aromatic carbocycles. The molecule has 0 bridgehead atoms. The molecule has 3 nitrogen and oxygen atoms in total. The maximum atomic E-state index is 11.8. The van der Waals surface area contributed by atoms with Crippen molar-refractivity contribution in [3.63, 3.8) is 0 Å². The molecule has 0 aliphatic rings. The number of nitrogens with zero attached hydrogens (tertiary/aromatic N) is 1. The number of thioether (sulfide) groups is 1. The summed E-state index contributed by atoms with van der Waals surface area (Å²) in [4.78, 5) is 3.96. The minimum Gasteiger partial charge on any atom is -0.493 e. The molecule has 90 valence electrons. The number of pyridine rings is 1. The highest BCUT2D eigenvalue weighted by atomic mass is 32.2. The smallest absolute Gasteiger partial charge is 0.441 e. The Morgan fingerprint density at radius 3 is 2.88 bits per heavy atom. The Balaban J connectivity index is 2.37. The van der Waals surface area contributed by atoms with Gasteiger partial charge in [0.2, 0.25) is 0 Å². The van der Waals surface area contributed by atoms with Crippen molar-refractivity contribution in [3.8, 4) is 5.75 Å². The monoisotopic (exact) mass is 252 g/mol. The van der Waals surface area contributed by atoms with Crippen LogP contribution in [0.2, 0.25) is 0 Å². The minimum absolute atomic E-state index is 0.0648. The summed E-state index contributed by atoms with van der Waals surface area (Å²) in [5.41, 5.74) is -4.18. The highest BCUT2D eigenvalue weighted by Crippen LogP contribution is 2.29. The van der Waals surface area contributed by atoms with Gasteiger partial charge in [-0.05, 0) is 23.9 Å². The van der Waals surface area contributed by atoms with Crippen LogP contribution >= 0.6 is 11.8 Å². The predicted octanol–water partition coefficient (Wildman–Crippen LogP) is 2.76. The van der Waals surface area contributed by atoms with Crippen molar-refractivity contribution < 1.29 is 17.9 Å². The number of hydrogen-bond acceptors (Lipinski definition) is 4. The second-order valence-corrected chi connectivity index (χ2v) is 3.94. The molecule has 7 heteroatoms. The molecule has 1 N–H and O–H groups in total. The Kier molecular flexibility index (Phi) is 4.72. The third kappa shape index (κ3) is 4.61. The molecule has 0 amide bonds. The molecule has 0 atom stereocenters. The third-order valence-electron chi connectivity index (χ3n) is 1.65. The number of methoxy groups -OCH3 is 1. The Morgan fingerprint density at radius 1 is 1.50 bits per heavy atom. The SMILES string of the molecule is COc1cccnc1NCCSC(F)(F)F. The maximum Gasteiger partial charge on any atom is 0.441 e. The first-order valence-electron chi connectivity index (χ1n) is 4.46. The summed E-state index contributed by atoms with van der Waals surface area (Å²) in [5, 5.41) is 2.78. The molecule has 0 radical (unpaired) electrons. The van der Waals surface area contributed by atoms with Gasteiger partial charge in [-0.1, -0.05) is 0 Å². The van der Waals surface area contributed by atoms with Crippen LogP contribution in [0.1, 0.15) is 0 Å². The van der Waals surface area contributed by atoms with Crippen LogP contribution in [-0.4, -0.2) is 29.9 Å². The van der Waals surface area contributed by atoms with Gasteiger partial charge in [0.05, 0.1) is 7.11 Å². The lowest BCUT2D eigenvalue weighted by Crippen LogP contribution is -2.10. The Labute approximate surface area is 95.4 Å². The number of nitrogens with one attached hydrogen (secondary N) is 1. The molecule has 16 heavy (non-hydrogen) atoms. The fraction of sp³-hybridized carbons (Fsp3) is 0.444. The van der Waals surface area contributed by atoms with Gasteiger partial charge in [0.1, 0.15) is 0 Å². The molecule has 1 heterocycles. The van der Waals surface area contributed by atoms with E-state index in [0.717, 1.165) is 0 Å². The summed E-state index contributed by atoms with van der Waals surface area (Å²) in [5.74, 6) is 0.899. The largest absolute Gasteiger partial charge is 0.493 e. The minimum atomic E-state index is -4.18. The first-order valence-corrected chi connectivity index (χ1v) is 5.45. The molecule has 0 saturated carbocycles. The zero-order valence-electron chi connectivity index (χ0n) is 8.54. The molecule has 0 aliphatic carbocycles. The average molecular weight is 252 g/mol. The Bertz CT molecular complexity index is 333. The van der Waals surface area contributed by atoms with Crippen LogP contribution in [0.4, 0.5) is 19.0 Å². The lowest BCUT2D eigenvalue weighted by Gasteiger charge is -2.10. The van der Waals surface area contributed by atoms with E-state index in [1.165, 1.54) is 7.11 Å². The van der Waals surface area contributed by atoms with Crippen LogP contribution in [0.5, 0.6) is 5.75 Å². The van der Waals surface area contributed by atoms with Crippen molar-refractivity contribution in [1.29, 1.82) is 0 Å². The van der Waals surface area contributed by atoms with Crippen molar-refractivity contribution in [2.45, 2.75) is 5.51 Å². The molecule has 0 fully saturated rings. The van der Waals surface area contributed by atoms with Crippen LogP contribution in [0.25, 0.3) is 0 Å². The second kappa shape index (κ2) is 5.83. The first-order chi connectivity index (χ1) is 7.53. The van der Waals surface area contributed by atoms with Gasteiger partial charge in [0.25, 0.3) is 0 Å². The average Bonchev–Trinajstić information content (AvgIpc) is 2.23. The number of hydrogen-bond donors (Lipinski definition) is 1. The van der Waals surface area contributed by atoms with E-state index in [2.05, 4.69) is 10.3 Å². The summed E-state index contributed by atoms with van der Waals surface area (Å²) in [6, 6.07) is 3.38. The van der Waals surface area contributed by atoms with Gasteiger partial charge in [0.15, 0.2) is 11.6 Å². The topological polar surface area (TPSA) is 34.1 Å². The molecule has 0 unspecified atom stereocenters. The van der Waals surface area contributed by atoms with Crippen LogP contribution in [0, 0.1) is 0 Å². The van der Waals surface area contributed by atoms with Gasteiger partial charge in [-0.3, -0.25) is 0 Å². The number of rotatable bonds is 5. The zero-order valence-corrected chi connectivity index (χ0v) is 9.36. The normalized spacial score (nSPS) is 11.2. The summed E-state index contributed by atoms with van der Waals surface area (Å²) in [6.07, 6.45) is 1.54. The van der Waals surface area contributed by atoms with Gasteiger partial charge >= 0.3 is 5.51 Å². The van der Waals surface area contributed by atoms with E-state index in [1.807, 2.05) is 0 Å². The van der Waals surface area contributed by atoms with Crippen molar-refractivity contribution in [2.24, 2.45) is 0 Å². The molecule has 0 spiro atoms. The second-order valence-electron chi connectivity index (χ2n) is 2.78.